The summed E-state index contributed by atoms with van der Waals surface area (Å²) in [5, 5.41) is 18.7. The van der Waals surface area contributed by atoms with Gasteiger partial charge in [-0.3, -0.25) is 4.68 Å². The molecule has 1 atom stereocenters. The molecule has 0 aliphatic heterocycles. The zero-order valence-electron chi connectivity index (χ0n) is 12.0. The summed E-state index contributed by atoms with van der Waals surface area (Å²) >= 11 is 0. The molecule has 7 nitrogen and oxygen atoms in total. The van der Waals surface area contributed by atoms with E-state index in [1.54, 1.807) is 13.2 Å². The number of amides is 2. The molecular weight excluding hydrogens is 272 g/mol. The van der Waals surface area contributed by atoms with Crippen LogP contribution in [0.5, 0.6) is 0 Å². The maximum Gasteiger partial charge on any atom is 0.331 e. The Balaban J connectivity index is 1.62. The van der Waals surface area contributed by atoms with Crippen LogP contribution in [0.2, 0.25) is 0 Å². The first-order valence-electron chi connectivity index (χ1n) is 7.33. The number of carboxylic acids is 1. The summed E-state index contributed by atoms with van der Waals surface area (Å²) in [7, 11) is 1.71. The molecule has 2 fully saturated rings. The van der Waals surface area contributed by atoms with Crippen LogP contribution in [-0.4, -0.2) is 32.9 Å². The Kier molecular flexibility index (Phi) is 3.57. The van der Waals surface area contributed by atoms with Crippen LogP contribution in [0, 0.1) is 11.8 Å². The Hall–Kier alpha value is -2.05. The van der Waals surface area contributed by atoms with Crippen LogP contribution in [0.25, 0.3) is 0 Å². The SMILES string of the molecule is Cn1cc(C(NC(=O)NC(C2CC2)C2CC2)C(=O)O)cn1. The largest absolute Gasteiger partial charge is 0.479 e. The summed E-state index contributed by atoms with van der Waals surface area (Å²) in [6, 6.07) is -1.28. The Bertz CT molecular complexity index is 536. The Morgan fingerprint density at radius 2 is 1.90 bits per heavy atom. The number of aliphatic carboxylic acids is 1. The van der Waals surface area contributed by atoms with Gasteiger partial charge in [0, 0.05) is 24.8 Å². The van der Waals surface area contributed by atoms with E-state index in [1.807, 2.05) is 0 Å². The molecule has 0 spiro atoms. The molecule has 2 aliphatic carbocycles. The van der Waals surface area contributed by atoms with Crippen molar-refractivity contribution >= 4 is 12.0 Å². The van der Waals surface area contributed by atoms with E-state index < -0.39 is 18.0 Å². The number of carbonyl (C=O) groups is 2. The topological polar surface area (TPSA) is 96.2 Å². The van der Waals surface area contributed by atoms with E-state index in [4.69, 9.17) is 0 Å². The van der Waals surface area contributed by atoms with Gasteiger partial charge in [0.1, 0.15) is 0 Å². The van der Waals surface area contributed by atoms with Crippen molar-refractivity contribution in [1.82, 2.24) is 20.4 Å². The second-order valence-electron chi connectivity index (χ2n) is 6.04. The van der Waals surface area contributed by atoms with Crippen molar-refractivity contribution in [1.29, 1.82) is 0 Å². The van der Waals surface area contributed by atoms with Crippen LogP contribution in [-0.2, 0) is 11.8 Å². The fourth-order valence-corrected chi connectivity index (χ4v) is 2.73. The van der Waals surface area contributed by atoms with Crippen molar-refractivity contribution in [2.75, 3.05) is 0 Å². The van der Waals surface area contributed by atoms with Gasteiger partial charge in [0.2, 0.25) is 0 Å². The third-order valence-electron chi connectivity index (χ3n) is 4.14. The van der Waals surface area contributed by atoms with Crippen LogP contribution in [0.1, 0.15) is 37.3 Å². The molecule has 1 unspecified atom stereocenters. The first-order chi connectivity index (χ1) is 10.0. The van der Waals surface area contributed by atoms with Gasteiger partial charge in [-0.05, 0) is 37.5 Å². The van der Waals surface area contributed by atoms with Gasteiger partial charge in [0.25, 0.3) is 0 Å². The lowest BCUT2D eigenvalue weighted by molar-refractivity contribution is -0.139. The minimum Gasteiger partial charge on any atom is -0.479 e. The molecule has 0 radical (unpaired) electrons. The standard InChI is InChI=1S/C14H20N4O3/c1-18-7-10(6-15-18)12(13(19)20)17-14(21)16-11(8-2-3-8)9-4-5-9/h6-9,11-12H,2-5H2,1H3,(H,19,20)(H2,16,17,21). The maximum atomic E-state index is 12.1. The highest BCUT2D eigenvalue weighted by atomic mass is 16.4. The quantitative estimate of drug-likeness (QED) is 0.729. The molecule has 21 heavy (non-hydrogen) atoms. The number of carbonyl (C=O) groups excluding carboxylic acids is 1. The van der Waals surface area contributed by atoms with Gasteiger partial charge in [-0.2, -0.15) is 5.10 Å². The number of urea groups is 1. The van der Waals surface area contributed by atoms with E-state index in [0.717, 1.165) is 25.7 Å². The molecule has 0 saturated heterocycles. The summed E-state index contributed by atoms with van der Waals surface area (Å²) in [5.41, 5.74) is 0.467. The van der Waals surface area contributed by atoms with Crippen LogP contribution < -0.4 is 10.6 Å². The number of hydrogen-bond donors (Lipinski definition) is 3. The second kappa shape index (κ2) is 5.38. The second-order valence-corrected chi connectivity index (χ2v) is 6.04. The summed E-state index contributed by atoms with van der Waals surface area (Å²) in [6.07, 6.45) is 7.69. The lowest BCUT2D eigenvalue weighted by Crippen LogP contribution is -2.46. The highest BCUT2D eigenvalue weighted by molar-refractivity contribution is 5.83. The zero-order chi connectivity index (χ0) is 15.0. The summed E-state index contributed by atoms with van der Waals surface area (Å²) in [4.78, 5) is 23.4. The van der Waals surface area contributed by atoms with Crippen molar-refractivity contribution in [3.05, 3.63) is 18.0 Å². The zero-order valence-corrected chi connectivity index (χ0v) is 12.0. The number of hydrogen-bond acceptors (Lipinski definition) is 3. The van der Waals surface area contributed by atoms with Gasteiger partial charge in [-0.1, -0.05) is 0 Å². The normalized spacial score (nSPS) is 19.3. The van der Waals surface area contributed by atoms with Crippen molar-refractivity contribution in [2.45, 2.75) is 37.8 Å². The van der Waals surface area contributed by atoms with Crippen molar-refractivity contribution in [3.63, 3.8) is 0 Å². The molecule has 2 aliphatic rings. The van der Waals surface area contributed by atoms with Crippen molar-refractivity contribution < 1.29 is 14.7 Å². The monoisotopic (exact) mass is 292 g/mol. The first-order valence-corrected chi connectivity index (χ1v) is 7.33. The Morgan fingerprint density at radius 3 is 2.33 bits per heavy atom. The molecule has 3 rings (SSSR count). The van der Waals surface area contributed by atoms with Gasteiger partial charge >= 0.3 is 12.0 Å². The lowest BCUT2D eigenvalue weighted by atomic mass is 10.1. The minimum atomic E-state index is -1.09. The molecule has 114 valence electrons. The number of aromatic nitrogens is 2. The van der Waals surface area contributed by atoms with E-state index in [9.17, 15) is 14.7 Å². The van der Waals surface area contributed by atoms with Crippen molar-refractivity contribution in [3.8, 4) is 0 Å². The van der Waals surface area contributed by atoms with Gasteiger partial charge in [-0.15, -0.1) is 0 Å². The van der Waals surface area contributed by atoms with Crippen LogP contribution in [0.3, 0.4) is 0 Å². The molecule has 1 aromatic rings. The molecule has 7 heteroatoms. The molecule has 0 aromatic carbocycles. The van der Waals surface area contributed by atoms with Gasteiger partial charge < -0.3 is 15.7 Å². The van der Waals surface area contributed by atoms with E-state index in [1.165, 1.54) is 10.9 Å². The molecule has 2 amide bonds. The predicted octanol–water partition coefficient (Wildman–Crippen LogP) is 1.03. The number of nitrogens with one attached hydrogen (secondary N) is 2. The van der Waals surface area contributed by atoms with Gasteiger partial charge in [-0.25, -0.2) is 9.59 Å². The van der Waals surface area contributed by atoms with Crippen LogP contribution >= 0.6 is 0 Å². The van der Waals surface area contributed by atoms with Crippen LogP contribution in [0.15, 0.2) is 12.4 Å². The van der Waals surface area contributed by atoms with Crippen molar-refractivity contribution in [2.24, 2.45) is 18.9 Å². The van der Waals surface area contributed by atoms with E-state index in [0.29, 0.717) is 17.4 Å². The molecule has 1 aromatic heterocycles. The summed E-state index contributed by atoms with van der Waals surface area (Å²) in [5.74, 6) is 0.0578. The average molecular weight is 292 g/mol. The fourth-order valence-electron chi connectivity index (χ4n) is 2.73. The van der Waals surface area contributed by atoms with Crippen LogP contribution in [0.4, 0.5) is 4.79 Å². The first kappa shape index (κ1) is 13.9. The molecular formula is C14H20N4O3. The fraction of sp³-hybridized carbons (Fsp3) is 0.643. The number of nitrogens with zero attached hydrogens (tertiary/aromatic N) is 2. The number of carboxylic acid groups (broad SMARTS) is 1. The molecule has 3 N–H and O–H groups in total. The smallest absolute Gasteiger partial charge is 0.331 e. The molecule has 1 heterocycles. The number of rotatable bonds is 6. The minimum absolute atomic E-state index is 0.202. The summed E-state index contributed by atoms with van der Waals surface area (Å²) < 4.78 is 1.52. The van der Waals surface area contributed by atoms with E-state index in [2.05, 4.69) is 15.7 Å². The summed E-state index contributed by atoms with van der Waals surface area (Å²) in [6.45, 7) is 0. The lowest BCUT2D eigenvalue weighted by Gasteiger charge is -2.20. The Labute approximate surface area is 122 Å². The van der Waals surface area contributed by atoms with E-state index >= 15 is 0 Å². The third kappa shape index (κ3) is 3.34. The van der Waals surface area contributed by atoms with E-state index in [-0.39, 0.29) is 6.04 Å². The highest BCUT2D eigenvalue weighted by Crippen LogP contribution is 2.44. The van der Waals surface area contributed by atoms with Gasteiger partial charge in [0.15, 0.2) is 6.04 Å². The molecule has 0 bridgehead atoms. The molecule has 2 saturated carbocycles. The Morgan fingerprint density at radius 1 is 1.29 bits per heavy atom. The maximum absolute atomic E-state index is 12.1. The predicted molar refractivity (Wildman–Crippen MR) is 74.5 cm³/mol. The number of aryl methyl sites for hydroxylation is 1. The van der Waals surface area contributed by atoms with Gasteiger partial charge in [0.05, 0.1) is 6.20 Å². The average Bonchev–Trinajstić information content (AvgIpc) is 3.33. The highest BCUT2D eigenvalue weighted by Gasteiger charge is 2.42. The third-order valence-corrected chi connectivity index (χ3v) is 4.14.